The molecule has 0 saturated carbocycles. The number of aromatic nitrogens is 2. The van der Waals surface area contributed by atoms with Crippen LogP contribution in [0.2, 0.25) is 0 Å². The van der Waals surface area contributed by atoms with Gasteiger partial charge in [0.05, 0.1) is 33.1 Å². The predicted molar refractivity (Wildman–Crippen MR) is 145 cm³/mol. The van der Waals surface area contributed by atoms with Crippen LogP contribution in [0.5, 0.6) is 0 Å². The van der Waals surface area contributed by atoms with Gasteiger partial charge in [0.1, 0.15) is 0 Å². The van der Waals surface area contributed by atoms with E-state index >= 15 is 0 Å². The van der Waals surface area contributed by atoms with Crippen LogP contribution in [0.1, 0.15) is 0 Å². The van der Waals surface area contributed by atoms with E-state index in [2.05, 4.69) is 118 Å². The number of hydrogen-bond donors (Lipinski definition) is 0. The first-order valence-corrected chi connectivity index (χ1v) is 11.8. The van der Waals surface area contributed by atoms with E-state index in [-0.39, 0.29) is 0 Å². The lowest BCUT2D eigenvalue weighted by molar-refractivity contribution is 1.26. The zero-order valence-corrected chi connectivity index (χ0v) is 18.3. The summed E-state index contributed by atoms with van der Waals surface area (Å²) >= 11 is 0. The van der Waals surface area contributed by atoms with Gasteiger partial charge < -0.3 is 8.80 Å². The third kappa shape index (κ3) is 1.83. The number of nitrogens with zero attached hydrogens (tertiary/aromatic N) is 2. The molecule has 0 N–H and O–H groups in total. The molecular weight excluding hydrogens is 412 g/mol. The number of hydrogen-bond acceptors (Lipinski definition) is 0. The maximum atomic E-state index is 2.51. The lowest BCUT2D eigenvalue weighted by Gasteiger charge is -2.12. The predicted octanol–water partition coefficient (Wildman–Crippen LogP) is 8.55. The first kappa shape index (κ1) is 17.0. The summed E-state index contributed by atoms with van der Waals surface area (Å²) in [6.07, 6.45) is 0. The number of fused-ring (bicyclic) bond motifs is 11. The maximum Gasteiger partial charge on any atom is 0.0789 e. The second-order valence-electron chi connectivity index (χ2n) is 9.42. The Balaban J connectivity index is 1.75. The molecule has 6 aromatic carbocycles. The van der Waals surface area contributed by atoms with Crippen molar-refractivity contribution in [1.29, 1.82) is 0 Å². The topological polar surface area (TPSA) is 8.82 Å². The molecule has 0 unspecified atom stereocenters. The Kier molecular flexibility index (Phi) is 2.83. The molecule has 34 heavy (non-hydrogen) atoms. The van der Waals surface area contributed by atoms with E-state index < -0.39 is 0 Å². The van der Waals surface area contributed by atoms with Crippen molar-refractivity contribution in [3.8, 4) is 0 Å². The van der Waals surface area contributed by atoms with Gasteiger partial charge in [-0.25, -0.2) is 0 Å². The highest BCUT2D eigenvalue weighted by Gasteiger charge is 2.22. The number of benzene rings is 6. The molecular formula is C32H18N2. The quantitative estimate of drug-likeness (QED) is 0.213. The van der Waals surface area contributed by atoms with Crippen molar-refractivity contribution >= 4 is 76.2 Å². The Morgan fingerprint density at radius 2 is 0.971 bits per heavy atom. The molecule has 9 rings (SSSR count). The molecule has 156 valence electrons. The van der Waals surface area contributed by atoms with Crippen molar-refractivity contribution < 1.29 is 0 Å². The molecule has 0 amide bonds. The summed E-state index contributed by atoms with van der Waals surface area (Å²) in [6.45, 7) is 0. The Morgan fingerprint density at radius 3 is 1.85 bits per heavy atom. The van der Waals surface area contributed by atoms with Crippen molar-refractivity contribution in [1.82, 2.24) is 8.80 Å². The smallest absolute Gasteiger partial charge is 0.0789 e. The van der Waals surface area contributed by atoms with Crippen molar-refractivity contribution in [2.45, 2.75) is 0 Å². The lowest BCUT2D eigenvalue weighted by Crippen LogP contribution is -1.97. The molecule has 0 aliphatic rings. The van der Waals surface area contributed by atoms with Crippen molar-refractivity contribution in [3.63, 3.8) is 0 Å². The maximum absolute atomic E-state index is 2.51. The molecule has 0 aliphatic heterocycles. The summed E-state index contributed by atoms with van der Waals surface area (Å²) in [4.78, 5) is 0. The molecule has 0 bridgehead atoms. The highest BCUT2D eigenvalue weighted by atomic mass is 15.0. The van der Waals surface area contributed by atoms with Gasteiger partial charge in [0, 0.05) is 21.5 Å². The van der Waals surface area contributed by atoms with Crippen LogP contribution in [-0.4, -0.2) is 8.80 Å². The summed E-state index contributed by atoms with van der Waals surface area (Å²) < 4.78 is 5.01. The first-order valence-electron chi connectivity index (χ1n) is 11.8. The second kappa shape index (κ2) is 5.67. The fraction of sp³-hybridized carbons (Fsp3) is 0. The average Bonchev–Trinajstić information content (AvgIpc) is 3.41. The average molecular weight is 431 g/mol. The molecule has 0 aliphatic carbocycles. The minimum absolute atomic E-state index is 1.26. The zero-order valence-electron chi connectivity index (χ0n) is 18.3. The molecule has 2 nitrogen and oxygen atoms in total. The van der Waals surface area contributed by atoms with Crippen LogP contribution in [-0.2, 0) is 0 Å². The molecule has 0 radical (unpaired) electrons. The Labute approximate surface area is 194 Å². The van der Waals surface area contributed by atoms with E-state index in [9.17, 15) is 0 Å². The fourth-order valence-electron chi connectivity index (χ4n) is 6.41. The highest BCUT2D eigenvalue weighted by molar-refractivity contribution is 6.29. The Morgan fingerprint density at radius 1 is 0.353 bits per heavy atom. The van der Waals surface area contributed by atoms with E-state index in [4.69, 9.17) is 0 Å². The second-order valence-corrected chi connectivity index (χ2v) is 9.42. The molecule has 0 fully saturated rings. The minimum Gasteiger partial charge on any atom is -0.305 e. The van der Waals surface area contributed by atoms with Gasteiger partial charge in [-0.3, -0.25) is 0 Å². The molecule has 0 saturated heterocycles. The van der Waals surface area contributed by atoms with Crippen LogP contribution in [0.25, 0.3) is 76.2 Å². The largest absolute Gasteiger partial charge is 0.305 e. The molecule has 0 atom stereocenters. The minimum atomic E-state index is 1.26. The molecule has 0 spiro atoms. The van der Waals surface area contributed by atoms with Crippen LogP contribution < -0.4 is 0 Å². The SMILES string of the molecule is c1ccc2cc3c(cc2c1)c1c2ccccc2cc2c1n3c1cccc3c4ccccc4n2c31. The molecule has 3 heterocycles. The van der Waals surface area contributed by atoms with Crippen LogP contribution in [0, 0.1) is 0 Å². The third-order valence-corrected chi connectivity index (χ3v) is 7.75. The van der Waals surface area contributed by atoms with Crippen molar-refractivity contribution in [2.75, 3.05) is 0 Å². The van der Waals surface area contributed by atoms with Crippen molar-refractivity contribution in [3.05, 3.63) is 109 Å². The molecule has 2 heteroatoms. The van der Waals surface area contributed by atoms with Gasteiger partial charge in [-0.1, -0.05) is 78.9 Å². The van der Waals surface area contributed by atoms with E-state index in [1.165, 1.54) is 76.2 Å². The van der Waals surface area contributed by atoms with Crippen LogP contribution in [0.15, 0.2) is 109 Å². The van der Waals surface area contributed by atoms with Crippen LogP contribution in [0.4, 0.5) is 0 Å². The number of rotatable bonds is 0. The first-order chi connectivity index (χ1) is 16.9. The summed E-state index contributed by atoms with van der Waals surface area (Å²) in [6, 6.07) is 40.3. The highest BCUT2D eigenvalue weighted by Crippen LogP contribution is 2.44. The molecule has 3 aromatic heterocycles. The van der Waals surface area contributed by atoms with Crippen molar-refractivity contribution in [2.24, 2.45) is 0 Å². The summed E-state index contributed by atoms with van der Waals surface area (Å²) in [7, 11) is 0. The Bertz CT molecular complexity index is 2280. The van der Waals surface area contributed by atoms with Gasteiger partial charge in [0.25, 0.3) is 0 Å². The van der Waals surface area contributed by atoms with Crippen LogP contribution >= 0.6 is 0 Å². The monoisotopic (exact) mass is 430 g/mol. The third-order valence-electron chi connectivity index (χ3n) is 7.75. The lowest BCUT2D eigenvalue weighted by atomic mass is 10.0. The number of para-hydroxylation sites is 2. The van der Waals surface area contributed by atoms with Gasteiger partial charge in [0.2, 0.25) is 0 Å². The van der Waals surface area contributed by atoms with E-state index in [1.807, 2.05) is 0 Å². The Hall–Kier alpha value is -4.56. The fourth-order valence-corrected chi connectivity index (χ4v) is 6.41. The normalized spacial score (nSPS) is 12.7. The van der Waals surface area contributed by atoms with Gasteiger partial charge in [-0.2, -0.15) is 0 Å². The van der Waals surface area contributed by atoms with E-state index in [0.717, 1.165) is 0 Å². The standard InChI is InChI=1S/C32H18N2/c1-2-9-20-17-28-25(16-19(20)8-1)30-22-11-4-3-10-21(22)18-29-32(30)34(28)27-15-7-13-24-23-12-5-6-14-26(23)33(29)31(24)27/h1-18H. The van der Waals surface area contributed by atoms with E-state index in [1.54, 1.807) is 0 Å². The molecule has 9 aromatic rings. The van der Waals surface area contributed by atoms with Gasteiger partial charge >= 0.3 is 0 Å². The zero-order chi connectivity index (χ0) is 22.0. The van der Waals surface area contributed by atoms with Gasteiger partial charge in [-0.15, -0.1) is 0 Å². The summed E-state index contributed by atoms with van der Waals surface area (Å²) in [5.41, 5.74) is 7.65. The van der Waals surface area contributed by atoms with E-state index in [0.29, 0.717) is 0 Å². The summed E-state index contributed by atoms with van der Waals surface area (Å²) in [5, 5.41) is 10.4. The van der Waals surface area contributed by atoms with Gasteiger partial charge in [0.15, 0.2) is 0 Å². The van der Waals surface area contributed by atoms with Crippen LogP contribution in [0.3, 0.4) is 0 Å². The summed E-state index contributed by atoms with van der Waals surface area (Å²) in [5.74, 6) is 0. The van der Waals surface area contributed by atoms with Gasteiger partial charge in [-0.05, 0) is 51.9 Å².